The van der Waals surface area contributed by atoms with Gasteiger partial charge in [-0.15, -0.1) is 0 Å². The van der Waals surface area contributed by atoms with Gasteiger partial charge in [0.05, 0.1) is 5.69 Å². The molecule has 0 unspecified atom stereocenters. The monoisotopic (exact) mass is 841 g/mol. The van der Waals surface area contributed by atoms with Crippen LogP contribution in [0.4, 0.5) is 17.1 Å². The van der Waals surface area contributed by atoms with Crippen LogP contribution in [0.2, 0.25) is 0 Å². The largest absolute Gasteiger partial charge is 0.455 e. The van der Waals surface area contributed by atoms with E-state index in [4.69, 9.17) is 4.42 Å². The summed E-state index contributed by atoms with van der Waals surface area (Å²) in [5.41, 5.74) is 19.0. The van der Waals surface area contributed by atoms with Crippen molar-refractivity contribution in [2.75, 3.05) is 4.90 Å². The maximum Gasteiger partial charge on any atom is 0.143 e. The molecule has 0 N–H and O–H groups in total. The summed E-state index contributed by atoms with van der Waals surface area (Å²) in [7, 11) is 0. The minimum absolute atomic E-state index is 0.898. The first-order valence-corrected chi connectivity index (χ1v) is 22.6. The Morgan fingerprint density at radius 2 is 0.727 bits per heavy atom. The van der Waals surface area contributed by atoms with Crippen LogP contribution in [0.1, 0.15) is 0 Å². The fraction of sp³-hybridized carbons (Fsp3) is 0. The van der Waals surface area contributed by atoms with Gasteiger partial charge in [-0.1, -0.05) is 218 Å². The fourth-order valence-electron chi connectivity index (χ4n) is 9.75. The van der Waals surface area contributed by atoms with Crippen molar-refractivity contribution in [3.63, 3.8) is 0 Å². The molecule has 0 saturated heterocycles. The molecule has 2 nitrogen and oxygen atoms in total. The molecule has 0 aliphatic carbocycles. The molecule has 0 bridgehead atoms. The van der Waals surface area contributed by atoms with E-state index in [0.29, 0.717) is 0 Å². The molecule has 66 heavy (non-hydrogen) atoms. The maximum absolute atomic E-state index is 6.50. The van der Waals surface area contributed by atoms with E-state index in [9.17, 15) is 0 Å². The Balaban J connectivity index is 1.02. The zero-order chi connectivity index (χ0) is 43.8. The van der Waals surface area contributed by atoms with Gasteiger partial charge in [0, 0.05) is 33.3 Å². The minimum Gasteiger partial charge on any atom is -0.455 e. The summed E-state index contributed by atoms with van der Waals surface area (Å²) in [4.78, 5) is 2.40. The summed E-state index contributed by atoms with van der Waals surface area (Å²) in [5, 5.41) is 4.73. The van der Waals surface area contributed by atoms with Crippen LogP contribution in [-0.2, 0) is 0 Å². The molecule has 0 spiro atoms. The van der Waals surface area contributed by atoms with Gasteiger partial charge in [-0.25, -0.2) is 0 Å². The van der Waals surface area contributed by atoms with E-state index < -0.39 is 0 Å². The number of hydrogen-bond acceptors (Lipinski definition) is 2. The van der Waals surface area contributed by atoms with E-state index >= 15 is 0 Å². The van der Waals surface area contributed by atoms with Crippen molar-refractivity contribution < 1.29 is 4.42 Å². The fourth-order valence-corrected chi connectivity index (χ4v) is 9.75. The number of hydrogen-bond donors (Lipinski definition) is 0. The molecule has 12 aromatic rings. The average Bonchev–Trinajstić information content (AvgIpc) is 3.79. The third-order valence-corrected chi connectivity index (χ3v) is 12.9. The van der Waals surface area contributed by atoms with Gasteiger partial charge in [0.1, 0.15) is 11.2 Å². The molecular weight excluding hydrogens is 799 g/mol. The minimum atomic E-state index is 0.898. The molecule has 0 radical (unpaired) electrons. The normalized spacial score (nSPS) is 11.3. The lowest BCUT2D eigenvalue weighted by atomic mass is 9.87. The number of furan rings is 1. The van der Waals surface area contributed by atoms with E-state index in [2.05, 4.69) is 254 Å². The third kappa shape index (κ3) is 7.02. The molecule has 0 amide bonds. The van der Waals surface area contributed by atoms with E-state index in [1.165, 1.54) is 55.3 Å². The quantitative estimate of drug-likeness (QED) is 0.144. The predicted molar refractivity (Wildman–Crippen MR) is 279 cm³/mol. The molecule has 11 aromatic carbocycles. The smallest absolute Gasteiger partial charge is 0.143 e. The lowest BCUT2D eigenvalue weighted by Crippen LogP contribution is -2.11. The van der Waals surface area contributed by atoms with Crippen molar-refractivity contribution >= 4 is 49.8 Å². The molecule has 0 fully saturated rings. The molecular formula is C64H43NO. The zero-order valence-corrected chi connectivity index (χ0v) is 36.2. The van der Waals surface area contributed by atoms with E-state index in [0.717, 1.165) is 61.3 Å². The van der Waals surface area contributed by atoms with Gasteiger partial charge in [-0.2, -0.15) is 0 Å². The molecule has 0 saturated carbocycles. The Bertz CT molecular complexity index is 3680. The van der Waals surface area contributed by atoms with Gasteiger partial charge in [-0.3, -0.25) is 0 Å². The van der Waals surface area contributed by atoms with Crippen molar-refractivity contribution in [3.05, 3.63) is 261 Å². The number of anilines is 3. The number of para-hydroxylation sites is 3. The second-order valence-corrected chi connectivity index (χ2v) is 16.8. The van der Waals surface area contributed by atoms with Crippen molar-refractivity contribution in [2.24, 2.45) is 0 Å². The highest BCUT2D eigenvalue weighted by molar-refractivity contribution is 6.09. The molecule has 1 aromatic heterocycles. The molecule has 0 aliphatic heterocycles. The molecule has 0 aliphatic rings. The van der Waals surface area contributed by atoms with Crippen LogP contribution in [0.3, 0.4) is 0 Å². The summed E-state index contributed by atoms with van der Waals surface area (Å²) < 4.78 is 6.50. The van der Waals surface area contributed by atoms with Crippen LogP contribution in [0, 0.1) is 0 Å². The number of rotatable bonds is 9. The second kappa shape index (κ2) is 16.8. The Morgan fingerprint density at radius 3 is 1.47 bits per heavy atom. The molecule has 310 valence electrons. The molecule has 12 rings (SSSR count). The van der Waals surface area contributed by atoms with Crippen LogP contribution >= 0.6 is 0 Å². The van der Waals surface area contributed by atoms with E-state index in [1.807, 2.05) is 12.1 Å². The summed E-state index contributed by atoms with van der Waals surface area (Å²) in [5.74, 6) is 0. The summed E-state index contributed by atoms with van der Waals surface area (Å²) in [6.45, 7) is 0. The van der Waals surface area contributed by atoms with Crippen LogP contribution < -0.4 is 4.90 Å². The molecule has 1 heterocycles. The predicted octanol–water partition coefficient (Wildman–Crippen LogP) is 18.2. The number of nitrogens with zero attached hydrogens (tertiary/aromatic N) is 1. The third-order valence-electron chi connectivity index (χ3n) is 12.9. The van der Waals surface area contributed by atoms with Crippen molar-refractivity contribution in [1.29, 1.82) is 0 Å². The van der Waals surface area contributed by atoms with Crippen molar-refractivity contribution in [2.45, 2.75) is 0 Å². The molecule has 0 atom stereocenters. The summed E-state index contributed by atoms with van der Waals surface area (Å²) in [6, 6.07) is 93.9. The first-order chi connectivity index (χ1) is 32.7. The van der Waals surface area contributed by atoms with Gasteiger partial charge < -0.3 is 9.32 Å². The Labute approximate surface area is 384 Å². The second-order valence-electron chi connectivity index (χ2n) is 16.8. The van der Waals surface area contributed by atoms with Gasteiger partial charge in [0.2, 0.25) is 0 Å². The Kier molecular flexibility index (Phi) is 9.89. The highest BCUT2D eigenvalue weighted by atomic mass is 16.3. The molecule has 2 heteroatoms. The van der Waals surface area contributed by atoms with Gasteiger partial charge in [-0.05, 0) is 109 Å². The van der Waals surface area contributed by atoms with E-state index in [-0.39, 0.29) is 0 Å². The first-order valence-electron chi connectivity index (χ1n) is 22.6. The van der Waals surface area contributed by atoms with Crippen molar-refractivity contribution in [1.82, 2.24) is 0 Å². The number of fused-ring (bicyclic) bond motifs is 4. The standard InChI is InChI=1S/C64H43NO/c1-3-17-44(18-4-1)49-37-42-57(61(43-49)46-19-5-2-6-20-46)55-24-9-10-25-56(55)58-26-11-13-31-62(58)65(50-38-33-47(34-39-50)53-28-15-22-45-21-7-8-23-52(45)53)51-40-35-48(36-41-51)54-29-16-30-60-59-27-12-14-32-63(59)66-64(54)60/h1-43H. The average molecular weight is 842 g/mol. The highest BCUT2D eigenvalue weighted by Gasteiger charge is 2.22. The first kappa shape index (κ1) is 38.9. The highest BCUT2D eigenvalue weighted by Crippen LogP contribution is 2.47. The maximum atomic E-state index is 6.50. The zero-order valence-electron chi connectivity index (χ0n) is 36.2. The van der Waals surface area contributed by atoms with Crippen LogP contribution in [0.25, 0.3) is 99.5 Å². The lowest BCUT2D eigenvalue weighted by Gasteiger charge is -2.29. The van der Waals surface area contributed by atoms with Crippen LogP contribution in [-0.4, -0.2) is 0 Å². The van der Waals surface area contributed by atoms with Crippen molar-refractivity contribution in [3.8, 4) is 66.8 Å². The van der Waals surface area contributed by atoms with E-state index in [1.54, 1.807) is 0 Å². The van der Waals surface area contributed by atoms with Gasteiger partial charge in [0.25, 0.3) is 0 Å². The lowest BCUT2D eigenvalue weighted by molar-refractivity contribution is 0.670. The number of benzene rings is 11. The van der Waals surface area contributed by atoms with Gasteiger partial charge >= 0.3 is 0 Å². The summed E-state index contributed by atoms with van der Waals surface area (Å²) >= 11 is 0. The van der Waals surface area contributed by atoms with Gasteiger partial charge in [0.15, 0.2) is 0 Å². The Hall–Kier alpha value is -8.72. The summed E-state index contributed by atoms with van der Waals surface area (Å²) in [6.07, 6.45) is 0. The van der Waals surface area contributed by atoms with Crippen LogP contribution in [0.15, 0.2) is 265 Å². The topological polar surface area (TPSA) is 16.4 Å². The van der Waals surface area contributed by atoms with Crippen LogP contribution in [0.5, 0.6) is 0 Å². The SMILES string of the molecule is c1ccc(-c2ccc(-c3ccccc3-c3ccccc3N(c3ccc(-c4cccc5ccccc45)cc3)c3ccc(-c4cccc5c4oc4ccccc45)cc3)c(-c3ccccc3)c2)cc1. The Morgan fingerprint density at radius 1 is 0.258 bits per heavy atom.